The lowest BCUT2D eigenvalue weighted by molar-refractivity contribution is -0.124. The molecule has 1 atom stereocenters. The zero-order valence-electron chi connectivity index (χ0n) is 11.2. The number of carbonyl (C=O) groups excluding carboxylic acids is 1. The summed E-state index contributed by atoms with van der Waals surface area (Å²) in [5.41, 5.74) is 0. The third kappa shape index (κ3) is 6.07. The van der Waals surface area contributed by atoms with Gasteiger partial charge in [-0.05, 0) is 40.4 Å². The van der Waals surface area contributed by atoms with E-state index in [9.17, 15) is 9.90 Å². The van der Waals surface area contributed by atoms with E-state index in [1.807, 2.05) is 32.0 Å². The Morgan fingerprint density at radius 3 is 2.68 bits per heavy atom. The summed E-state index contributed by atoms with van der Waals surface area (Å²) in [5.74, 6) is 0.819. The molecule has 1 unspecified atom stereocenters. The quantitative estimate of drug-likeness (QED) is 0.807. The van der Waals surface area contributed by atoms with Crippen LogP contribution in [0.5, 0.6) is 5.75 Å². The summed E-state index contributed by atoms with van der Waals surface area (Å²) < 4.78 is 6.22. The van der Waals surface area contributed by atoms with Crippen LogP contribution in [0, 0.1) is 5.92 Å². The third-order valence-electron chi connectivity index (χ3n) is 2.54. The lowest BCUT2D eigenvalue weighted by atomic mass is 10.0. The average molecular weight is 330 g/mol. The zero-order valence-corrected chi connectivity index (χ0v) is 12.8. The Balaban J connectivity index is 2.41. The highest BCUT2D eigenvalue weighted by molar-refractivity contribution is 9.10. The number of halogens is 1. The SMILES string of the molecule is CC(C)CC(CO)NC(=O)COc1ccccc1Br. The minimum Gasteiger partial charge on any atom is -0.483 e. The smallest absolute Gasteiger partial charge is 0.258 e. The van der Waals surface area contributed by atoms with Gasteiger partial charge < -0.3 is 15.2 Å². The molecule has 0 aromatic heterocycles. The molecule has 0 aliphatic rings. The molecule has 0 saturated heterocycles. The molecule has 2 N–H and O–H groups in total. The number of nitrogens with one attached hydrogen (secondary N) is 1. The van der Waals surface area contributed by atoms with Crippen LogP contribution in [0.3, 0.4) is 0 Å². The van der Waals surface area contributed by atoms with Crippen molar-refractivity contribution in [2.75, 3.05) is 13.2 Å². The minimum absolute atomic E-state index is 0.0566. The van der Waals surface area contributed by atoms with Crippen LogP contribution in [-0.4, -0.2) is 30.3 Å². The van der Waals surface area contributed by atoms with Crippen molar-refractivity contribution in [3.63, 3.8) is 0 Å². The topological polar surface area (TPSA) is 58.6 Å². The van der Waals surface area contributed by atoms with Crippen LogP contribution in [0.2, 0.25) is 0 Å². The molecule has 4 nitrogen and oxygen atoms in total. The predicted octanol–water partition coefficient (Wildman–Crippen LogP) is 2.35. The van der Waals surface area contributed by atoms with E-state index in [2.05, 4.69) is 21.2 Å². The Bertz CT molecular complexity index is 409. The fraction of sp³-hybridized carbons (Fsp3) is 0.500. The fourth-order valence-corrected chi connectivity index (χ4v) is 2.12. The van der Waals surface area contributed by atoms with Crippen LogP contribution in [0.25, 0.3) is 0 Å². The van der Waals surface area contributed by atoms with Gasteiger partial charge in [0.15, 0.2) is 6.61 Å². The van der Waals surface area contributed by atoms with Crippen molar-refractivity contribution >= 4 is 21.8 Å². The average Bonchev–Trinajstić information content (AvgIpc) is 2.36. The number of rotatable bonds is 7. The number of para-hydroxylation sites is 1. The summed E-state index contributed by atoms with van der Waals surface area (Å²) in [7, 11) is 0. The van der Waals surface area contributed by atoms with Crippen molar-refractivity contribution in [3.05, 3.63) is 28.7 Å². The van der Waals surface area contributed by atoms with E-state index < -0.39 is 0 Å². The van der Waals surface area contributed by atoms with E-state index in [-0.39, 0.29) is 25.2 Å². The second kappa shape index (κ2) is 8.17. The van der Waals surface area contributed by atoms with Gasteiger partial charge in [-0.1, -0.05) is 26.0 Å². The molecule has 1 rings (SSSR count). The van der Waals surface area contributed by atoms with E-state index in [0.29, 0.717) is 11.7 Å². The monoisotopic (exact) mass is 329 g/mol. The molecule has 0 saturated carbocycles. The summed E-state index contributed by atoms with van der Waals surface area (Å²) in [6.45, 7) is 3.98. The van der Waals surface area contributed by atoms with Crippen molar-refractivity contribution in [2.24, 2.45) is 5.92 Å². The van der Waals surface area contributed by atoms with E-state index in [4.69, 9.17) is 4.74 Å². The second-order valence-corrected chi connectivity index (χ2v) is 5.65. The van der Waals surface area contributed by atoms with Gasteiger partial charge in [-0.2, -0.15) is 0 Å². The predicted molar refractivity (Wildman–Crippen MR) is 78.1 cm³/mol. The Hall–Kier alpha value is -1.07. The molecule has 0 bridgehead atoms. The van der Waals surface area contributed by atoms with Crippen LogP contribution >= 0.6 is 15.9 Å². The Kier molecular flexibility index (Phi) is 6.87. The number of ether oxygens (including phenoxy) is 1. The van der Waals surface area contributed by atoms with Crippen LogP contribution in [-0.2, 0) is 4.79 Å². The fourth-order valence-electron chi connectivity index (χ4n) is 1.72. The van der Waals surface area contributed by atoms with Gasteiger partial charge in [-0.25, -0.2) is 0 Å². The van der Waals surface area contributed by atoms with Crippen molar-refractivity contribution in [3.8, 4) is 5.75 Å². The first-order valence-electron chi connectivity index (χ1n) is 6.30. The lowest BCUT2D eigenvalue weighted by Crippen LogP contribution is -2.40. The van der Waals surface area contributed by atoms with Crippen LogP contribution in [0.15, 0.2) is 28.7 Å². The summed E-state index contributed by atoms with van der Waals surface area (Å²) in [5, 5.41) is 11.9. The summed E-state index contributed by atoms with van der Waals surface area (Å²) in [6, 6.07) is 7.14. The molecule has 1 aromatic rings. The van der Waals surface area contributed by atoms with Crippen LogP contribution < -0.4 is 10.1 Å². The highest BCUT2D eigenvalue weighted by Gasteiger charge is 2.13. The van der Waals surface area contributed by atoms with Crippen LogP contribution in [0.1, 0.15) is 20.3 Å². The molecule has 0 aliphatic heterocycles. The molecular formula is C14H20BrNO3. The summed E-state index contributed by atoms with van der Waals surface area (Å²) in [6.07, 6.45) is 0.747. The normalized spacial score (nSPS) is 12.3. The van der Waals surface area contributed by atoms with Crippen molar-refractivity contribution in [1.82, 2.24) is 5.32 Å². The van der Waals surface area contributed by atoms with Crippen molar-refractivity contribution in [2.45, 2.75) is 26.3 Å². The van der Waals surface area contributed by atoms with Crippen molar-refractivity contribution in [1.29, 1.82) is 0 Å². The standard InChI is InChI=1S/C14H20BrNO3/c1-10(2)7-11(8-17)16-14(18)9-19-13-6-4-3-5-12(13)15/h3-6,10-11,17H,7-9H2,1-2H3,(H,16,18). The number of benzene rings is 1. The van der Waals surface area contributed by atoms with Crippen LogP contribution in [0.4, 0.5) is 0 Å². The van der Waals surface area contributed by atoms with E-state index >= 15 is 0 Å². The number of carbonyl (C=O) groups is 1. The number of hydrogen-bond donors (Lipinski definition) is 2. The molecule has 0 aliphatic carbocycles. The first-order chi connectivity index (χ1) is 9.02. The van der Waals surface area contributed by atoms with Gasteiger partial charge in [0.05, 0.1) is 17.1 Å². The number of aliphatic hydroxyl groups excluding tert-OH is 1. The van der Waals surface area contributed by atoms with Crippen molar-refractivity contribution < 1.29 is 14.6 Å². The lowest BCUT2D eigenvalue weighted by Gasteiger charge is -2.18. The molecule has 0 fully saturated rings. The maximum atomic E-state index is 11.7. The highest BCUT2D eigenvalue weighted by Crippen LogP contribution is 2.23. The molecule has 0 heterocycles. The van der Waals surface area contributed by atoms with Gasteiger partial charge in [0.1, 0.15) is 5.75 Å². The first-order valence-corrected chi connectivity index (χ1v) is 7.09. The molecule has 0 spiro atoms. The van der Waals surface area contributed by atoms with Gasteiger partial charge in [0, 0.05) is 0 Å². The molecule has 1 aromatic carbocycles. The van der Waals surface area contributed by atoms with Gasteiger partial charge in [0.2, 0.25) is 0 Å². The first kappa shape index (κ1) is 16.0. The minimum atomic E-state index is -0.226. The Morgan fingerprint density at radius 1 is 1.42 bits per heavy atom. The van der Waals surface area contributed by atoms with E-state index in [0.717, 1.165) is 10.9 Å². The van der Waals surface area contributed by atoms with Gasteiger partial charge in [-0.3, -0.25) is 4.79 Å². The van der Waals surface area contributed by atoms with E-state index in [1.54, 1.807) is 6.07 Å². The van der Waals surface area contributed by atoms with Gasteiger partial charge >= 0.3 is 0 Å². The second-order valence-electron chi connectivity index (χ2n) is 4.80. The molecule has 5 heteroatoms. The summed E-state index contributed by atoms with van der Waals surface area (Å²) >= 11 is 3.35. The number of amides is 1. The van der Waals surface area contributed by atoms with Gasteiger partial charge in [0.25, 0.3) is 5.91 Å². The van der Waals surface area contributed by atoms with Gasteiger partial charge in [-0.15, -0.1) is 0 Å². The highest BCUT2D eigenvalue weighted by atomic mass is 79.9. The molecule has 1 amide bonds. The Labute approximate surface area is 122 Å². The van der Waals surface area contributed by atoms with E-state index in [1.165, 1.54) is 0 Å². The molecule has 19 heavy (non-hydrogen) atoms. The third-order valence-corrected chi connectivity index (χ3v) is 3.19. The number of hydrogen-bond acceptors (Lipinski definition) is 3. The zero-order chi connectivity index (χ0) is 14.3. The molecule has 106 valence electrons. The maximum Gasteiger partial charge on any atom is 0.258 e. The Morgan fingerprint density at radius 2 is 2.11 bits per heavy atom. The summed E-state index contributed by atoms with van der Waals surface area (Å²) in [4.78, 5) is 11.7. The largest absolute Gasteiger partial charge is 0.483 e. The number of aliphatic hydroxyl groups is 1. The molecular weight excluding hydrogens is 310 g/mol. The maximum absolute atomic E-state index is 11.7. The molecule has 0 radical (unpaired) electrons.